The van der Waals surface area contributed by atoms with E-state index in [4.69, 9.17) is 5.73 Å². The summed E-state index contributed by atoms with van der Waals surface area (Å²) in [5, 5.41) is 7.49. The molecule has 0 radical (unpaired) electrons. The van der Waals surface area contributed by atoms with Gasteiger partial charge in [-0.3, -0.25) is 9.59 Å². The van der Waals surface area contributed by atoms with Gasteiger partial charge >= 0.3 is 0 Å². The van der Waals surface area contributed by atoms with Crippen LogP contribution in [-0.2, 0) is 20.4 Å². The SMILES string of the molecule is CCC[C@]12CC3CC(C(=O)N[C@H]4CC[C@@H](CN)CC4)(C1)C[C@@](c1ccc(C4C5CC6(C(=O)N[C@@H]7CN8CCC7CC8)C[C@@](c7ccccc7)(C5)C[C@]4(CCC)C6)cc1)(C3)C2. The van der Waals surface area contributed by atoms with E-state index in [9.17, 15) is 4.79 Å². The summed E-state index contributed by atoms with van der Waals surface area (Å²) in [4.78, 5) is 32.4. The number of nitrogens with one attached hydrogen (secondary N) is 2. The molecule has 60 heavy (non-hydrogen) atoms. The van der Waals surface area contributed by atoms with Gasteiger partial charge in [0.2, 0.25) is 11.8 Å². The average molecular weight is 813 g/mol. The molecule has 2 aromatic carbocycles. The third kappa shape index (κ3) is 6.35. The Bertz CT molecular complexity index is 1940. The molecular formula is C54H76N4O2. The lowest BCUT2D eigenvalue weighted by Crippen LogP contribution is -2.67. The number of hydrogen-bond acceptors (Lipinski definition) is 4. The molecule has 2 aromatic rings. The molecule has 0 aromatic heterocycles. The topological polar surface area (TPSA) is 87.5 Å². The molecule has 9 saturated carbocycles. The molecule has 3 saturated heterocycles. The van der Waals surface area contributed by atoms with Gasteiger partial charge in [-0.25, -0.2) is 0 Å². The zero-order valence-electron chi connectivity index (χ0n) is 37.3. The number of hydrogen-bond donors (Lipinski definition) is 3. The van der Waals surface area contributed by atoms with Gasteiger partial charge in [-0.05, 0) is 210 Å². The third-order valence-electron chi connectivity index (χ3n) is 19.9. The number of benzene rings is 2. The highest BCUT2D eigenvalue weighted by Gasteiger charge is 2.70. The van der Waals surface area contributed by atoms with Crippen LogP contribution in [0.25, 0.3) is 0 Å². The van der Waals surface area contributed by atoms with E-state index >= 15 is 4.79 Å². The molecule has 6 nitrogen and oxygen atoms in total. The molecule has 4 N–H and O–H groups in total. The summed E-state index contributed by atoms with van der Waals surface area (Å²) >= 11 is 0. The van der Waals surface area contributed by atoms with Crippen LogP contribution in [0.4, 0.5) is 0 Å². The molecule has 0 spiro atoms. The fourth-order valence-corrected chi connectivity index (χ4v) is 18.7. The number of nitrogens with zero attached hydrogens (tertiary/aromatic N) is 1. The van der Waals surface area contributed by atoms with Gasteiger partial charge in [0, 0.05) is 18.6 Å². The zero-order chi connectivity index (χ0) is 41.0. The van der Waals surface area contributed by atoms with E-state index in [1.165, 1.54) is 94.0 Å². The fourth-order valence-electron chi connectivity index (χ4n) is 18.7. The van der Waals surface area contributed by atoms with Crippen LogP contribution >= 0.6 is 0 Å². The first-order chi connectivity index (χ1) is 29.1. The van der Waals surface area contributed by atoms with E-state index in [-0.39, 0.29) is 32.5 Å². The normalized spacial score (nSPS) is 45.8. The van der Waals surface area contributed by atoms with Crippen LogP contribution in [0.3, 0.4) is 0 Å². The molecule has 12 aliphatic rings. The van der Waals surface area contributed by atoms with E-state index in [2.05, 4.69) is 84.0 Å². The summed E-state index contributed by atoms with van der Waals surface area (Å²) in [5.41, 5.74) is 10.6. The summed E-state index contributed by atoms with van der Waals surface area (Å²) in [6.07, 6.45) is 24.2. The highest BCUT2D eigenvalue weighted by Crippen LogP contribution is 2.76. The number of amides is 2. The predicted molar refractivity (Wildman–Crippen MR) is 240 cm³/mol. The van der Waals surface area contributed by atoms with E-state index in [1.807, 2.05) is 0 Å². The predicted octanol–water partition coefficient (Wildman–Crippen LogP) is 9.94. The monoisotopic (exact) mass is 813 g/mol. The summed E-state index contributed by atoms with van der Waals surface area (Å²) < 4.78 is 0. The quantitative estimate of drug-likeness (QED) is 0.199. The highest BCUT2D eigenvalue weighted by atomic mass is 16.2. The van der Waals surface area contributed by atoms with Crippen molar-refractivity contribution in [2.24, 2.45) is 51.1 Å². The van der Waals surface area contributed by atoms with Crippen molar-refractivity contribution in [2.45, 2.75) is 178 Å². The Hall–Kier alpha value is -2.70. The van der Waals surface area contributed by atoms with E-state index in [0.29, 0.717) is 53.5 Å². The first kappa shape index (κ1) is 40.1. The Morgan fingerprint density at radius 1 is 0.667 bits per heavy atom. The largest absolute Gasteiger partial charge is 0.353 e. The maximum atomic E-state index is 15.1. The first-order valence-corrected chi connectivity index (χ1v) is 25.3. The van der Waals surface area contributed by atoms with E-state index < -0.39 is 0 Å². The number of nitrogens with two attached hydrogens (primary N) is 1. The van der Waals surface area contributed by atoms with Gasteiger partial charge in [-0.1, -0.05) is 81.3 Å². The second-order valence-corrected chi connectivity index (χ2v) is 23.8. The van der Waals surface area contributed by atoms with Gasteiger partial charge in [0.1, 0.15) is 0 Å². The number of carbonyl (C=O) groups is 2. The van der Waals surface area contributed by atoms with Crippen LogP contribution < -0.4 is 16.4 Å². The van der Waals surface area contributed by atoms with Gasteiger partial charge in [0.15, 0.2) is 0 Å². The van der Waals surface area contributed by atoms with Crippen molar-refractivity contribution >= 4 is 11.8 Å². The van der Waals surface area contributed by atoms with Crippen LogP contribution in [0.15, 0.2) is 54.6 Å². The van der Waals surface area contributed by atoms with Crippen LogP contribution in [0.5, 0.6) is 0 Å². The molecule has 14 rings (SSSR count). The Labute approximate surface area is 361 Å². The molecule has 2 amide bonds. The maximum absolute atomic E-state index is 15.1. The van der Waals surface area contributed by atoms with Crippen molar-refractivity contribution < 1.29 is 9.59 Å². The van der Waals surface area contributed by atoms with Crippen molar-refractivity contribution in [1.82, 2.24) is 15.5 Å². The standard InChI is InChI=1S/C54H76N4O2/c1-3-20-49-24-38-25-51(31-49,35-53(26-38,32-49)47(59)56-44-16-10-37(29-55)11-17-44)43-14-12-40(13-15-43)46-41-27-52(42-8-6-5-7-9-42)33-50(46,21-4-2)34-54(28-41,36-52)48(60)57-45-30-58-22-18-39(45)19-23-58/h5-9,12-15,37-39,41,44-46H,3-4,10-11,16-36,55H2,1-2H3,(H,56,59)(H,57,60)/t37-,38?,41?,44+,45-,46?,49-,50-,51-,52-,53?,54?/m1/s1. The van der Waals surface area contributed by atoms with Gasteiger partial charge < -0.3 is 21.3 Å². The molecule has 5 unspecified atom stereocenters. The minimum absolute atomic E-state index is 0.0614. The lowest BCUT2D eigenvalue weighted by atomic mass is 9.34. The van der Waals surface area contributed by atoms with Crippen molar-refractivity contribution in [2.75, 3.05) is 26.2 Å². The van der Waals surface area contributed by atoms with Gasteiger partial charge in [0.05, 0.1) is 10.8 Å². The fraction of sp³-hybridized carbons (Fsp3) is 0.741. The Morgan fingerprint density at radius 2 is 1.35 bits per heavy atom. The molecule has 12 fully saturated rings. The Balaban J connectivity index is 0.905. The van der Waals surface area contributed by atoms with Crippen molar-refractivity contribution in [3.05, 3.63) is 71.3 Å². The van der Waals surface area contributed by atoms with Crippen LogP contribution in [0.2, 0.25) is 0 Å². The number of piperidine rings is 3. The molecule has 324 valence electrons. The van der Waals surface area contributed by atoms with Crippen LogP contribution in [0.1, 0.15) is 171 Å². The van der Waals surface area contributed by atoms with Crippen LogP contribution in [-0.4, -0.2) is 55.0 Å². The van der Waals surface area contributed by atoms with Crippen molar-refractivity contribution in [1.29, 1.82) is 0 Å². The lowest BCUT2D eigenvalue weighted by molar-refractivity contribution is -0.172. The molecule has 9 aliphatic carbocycles. The van der Waals surface area contributed by atoms with Gasteiger partial charge in [-0.2, -0.15) is 0 Å². The Kier molecular flexibility index (Phi) is 9.81. The molecule has 10 atom stereocenters. The average Bonchev–Trinajstić information content (AvgIpc) is 3.24. The van der Waals surface area contributed by atoms with Crippen molar-refractivity contribution in [3.8, 4) is 0 Å². The minimum Gasteiger partial charge on any atom is -0.353 e. The van der Waals surface area contributed by atoms with E-state index in [1.54, 1.807) is 0 Å². The second-order valence-electron chi connectivity index (χ2n) is 23.8. The first-order valence-electron chi connectivity index (χ1n) is 25.3. The van der Waals surface area contributed by atoms with Crippen molar-refractivity contribution in [3.63, 3.8) is 0 Å². The number of carbonyl (C=O) groups excluding carboxylic acids is 2. The molecular weight excluding hydrogens is 737 g/mol. The number of rotatable bonds is 12. The molecule has 6 heteroatoms. The number of fused-ring (bicyclic) bond motifs is 3. The maximum Gasteiger partial charge on any atom is 0.226 e. The second kappa shape index (κ2) is 14.7. The highest BCUT2D eigenvalue weighted by molar-refractivity contribution is 5.85. The Morgan fingerprint density at radius 3 is 2.03 bits per heavy atom. The lowest BCUT2D eigenvalue weighted by Gasteiger charge is -2.70. The summed E-state index contributed by atoms with van der Waals surface area (Å²) in [6, 6.07) is 22.3. The summed E-state index contributed by atoms with van der Waals surface area (Å²) in [7, 11) is 0. The smallest absolute Gasteiger partial charge is 0.226 e. The van der Waals surface area contributed by atoms with Crippen LogP contribution in [0, 0.1) is 45.3 Å². The minimum atomic E-state index is -0.292. The zero-order valence-corrected chi connectivity index (χ0v) is 37.3. The van der Waals surface area contributed by atoms with Gasteiger partial charge in [0.25, 0.3) is 0 Å². The summed E-state index contributed by atoms with van der Waals surface area (Å²) in [6.45, 7) is 8.99. The summed E-state index contributed by atoms with van der Waals surface area (Å²) in [5.74, 6) is 3.66. The third-order valence-corrected chi connectivity index (χ3v) is 19.9. The van der Waals surface area contributed by atoms with Gasteiger partial charge in [-0.15, -0.1) is 0 Å². The molecule has 3 aliphatic heterocycles. The molecule has 10 bridgehead atoms. The van der Waals surface area contributed by atoms with E-state index in [0.717, 1.165) is 83.7 Å². The molecule has 3 heterocycles.